The Morgan fingerprint density at radius 2 is 1.53 bits per heavy atom. The van der Waals surface area contributed by atoms with Crippen LogP contribution in [-0.4, -0.2) is 56.1 Å². The van der Waals surface area contributed by atoms with Gasteiger partial charge in [0.15, 0.2) is 11.5 Å². The van der Waals surface area contributed by atoms with Gasteiger partial charge in [-0.2, -0.15) is 0 Å². The first kappa shape index (κ1) is 33.7. The van der Waals surface area contributed by atoms with E-state index in [2.05, 4.69) is 22.9 Å². The average molecular weight is 595 g/mol. The number of ether oxygens (including phenoxy) is 2. The second-order valence-electron chi connectivity index (χ2n) is 11.2. The van der Waals surface area contributed by atoms with Gasteiger partial charge in [-0.3, -0.25) is 9.59 Å². The first-order valence-electron chi connectivity index (χ1n) is 15.9. The monoisotopic (exact) mass is 594 g/mol. The zero-order valence-corrected chi connectivity index (χ0v) is 26.2. The molecule has 0 bridgehead atoms. The lowest BCUT2D eigenvalue weighted by molar-refractivity contribution is -0.137. The minimum Gasteiger partial charge on any atom is -0.493 e. The summed E-state index contributed by atoms with van der Waals surface area (Å²) >= 11 is 0. The van der Waals surface area contributed by atoms with Crippen molar-refractivity contribution in [3.63, 3.8) is 0 Å². The Morgan fingerprint density at radius 1 is 0.860 bits per heavy atom. The van der Waals surface area contributed by atoms with Crippen LogP contribution in [0.5, 0.6) is 11.5 Å². The highest BCUT2D eigenvalue weighted by atomic mass is 16.5. The SMILES string of the molecule is CCCCCCCCCC(=O)NC(CCCCNC(=O)Nc1ccccc1)C(=O)N1CCc2cc(OC)c(OC)cc2C1. The van der Waals surface area contributed by atoms with E-state index in [9.17, 15) is 14.4 Å². The predicted octanol–water partition coefficient (Wildman–Crippen LogP) is 6.21. The topological polar surface area (TPSA) is 109 Å². The molecule has 4 amide bonds. The number of benzene rings is 2. The van der Waals surface area contributed by atoms with E-state index in [0.29, 0.717) is 63.2 Å². The fourth-order valence-corrected chi connectivity index (χ4v) is 5.43. The number of hydrogen-bond donors (Lipinski definition) is 3. The number of methoxy groups -OCH3 is 2. The molecule has 3 rings (SSSR count). The van der Waals surface area contributed by atoms with Gasteiger partial charge in [0.25, 0.3) is 0 Å². The quantitative estimate of drug-likeness (QED) is 0.178. The van der Waals surface area contributed by atoms with Gasteiger partial charge in [0.05, 0.1) is 14.2 Å². The summed E-state index contributed by atoms with van der Waals surface area (Å²) in [4.78, 5) is 40.7. The molecular formula is C34H50N4O5. The molecule has 0 aromatic heterocycles. The van der Waals surface area contributed by atoms with Gasteiger partial charge in [-0.05, 0) is 67.5 Å². The second kappa shape index (κ2) is 18.7. The smallest absolute Gasteiger partial charge is 0.319 e. The highest BCUT2D eigenvalue weighted by molar-refractivity contribution is 5.89. The van der Waals surface area contributed by atoms with Crippen LogP contribution in [0.25, 0.3) is 0 Å². The summed E-state index contributed by atoms with van der Waals surface area (Å²) in [5.41, 5.74) is 2.90. The number of unbranched alkanes of at least 4 members (excludes halogenated alkanes) is 7. The largest absolute Gasteiger partial charge is 0.493 e. The van der Waals surface area contributed by atoms with Crippen molar-refractivity contribution in [2.24, 2.45) is 0 Å². The van der Waals surface area contributed by atoms with E-state index in [-0.39, 0.29) is 17.8 Å². The van der Waals surface area contributed by atoms with Crippen molar-refractivity contribution in [1.29, 1.82) is 0 Å². The Balaban J connectivity index is 1.53. The van der Waals surface area contributed by atoms with E-state index in [1.807, 2.05) is 47.4 Å². The van der Waals surface area contributed by atoms with Crippen LogP contribution in [-0.2, 0) is 22.6 Å². The first-order valence-corrected chi connectivity index (χ1v) is 15.9. The van der Waals surface area contributed by atoms with Crippen molar-refractivity contribution in [2.75, 3.05) is 32.6 Å². The number of nitrogens with zero attached hydrogens (tertiary/aromatic N) is 1. The molecule has 1 heterocycles. The molecule has 0 fully saturated rings. The zero-order valence-electron chi connectivity index (χ0n) is 26.2. The van der Waals surface area contributed by atoms with Crippen LogP contribution in [0.2, 0.25) is 0 Å². The number of nitrogens with one attached hydrogen (secondary N) is 3. The van der Waals surface area contributed by atoms with E-state index in [1.165, 1.54) is 25.7 Å². The Labute approximate surface area is 257 Å². The Hall–Kier alpha value is -3.75. The molecule has 1 unspecified atom stereocenters. The molecule has 9 heteroatoms. The van der Waals surface area contributed by atoms with Crippen molar-refractivity contribution in [1.82, 2.24) is 15.5 Å². The Kier molecular flexibility index (Phi) is 14.7. The highest BCUT2D eigenvalue weighted by Crippen LogP contribution is 2.33. The van der Waals surface area contributed by atoms with Crippen LogP contribution >= 0.6 is 0 Å². The van der Waals surface area contributed by atoms with Crippen molar-refractivity contribution in [3.8, 4) is 11.5 Å². The number of fused-ring (bicyclic) bond motifs is 1. The lowest BCUT2D eigenvalue weighted by Gasteiger charge is -2.32. The van der Waals surface area contributed by atoms with Gasteiger partial charge in [-0.1, -0.05) is 63.6 Å². The van der Waals surface area contributed by atoms with E-state index < -0.39 is 6.04 Å². The van der Waals surface area contributed by atoms with E-state index in [1.54, 1.807) is 14.2 Å². The molecule has 9 nitrogen and oxygen atoms in total. The predicted molar refractivity (Wildman–Crippen MR) is 171 cm³/mol. The fourth-order valence-electron chi connectivity index (χ4n) is 5.43. The number of amides is 4. The molecule has 2 aromatic rings. The van der Waals surface area contributed by atoms with Crippen LogP contribution in [0.15, 0.2) is 42.5 Å². The molecule has 0 saturated heterocycles. The molecule has 43 heavy (non-hydrogen) atoms. The number of carbonyl (C=O) groups is 3. The average Bonchev–Trinajstić information content (AvgIpc) is 3.02. The van der Waals surface area contributed by atoms with Crippen molar-refractivity contribution >= 4 is 23.5 Å². The maximum Gasteiger partial charge on any atom is 0.319 e. The van der Waals surface area contributed by atoms with Crippen molar-refractivity contribution < 1.29 is 23.9 Å². The highest BCUT2D eigenvalue weighted by Gasteiger charge is 2.29. The summed E-state index contributed by atoms with van der Waals surface area (Å²) in [6, 6.07) is 12.3. The summed E-state index contributed by atoms with van der Waals surface area (Å²) in [5, 5.41) is 8.72. The molecule has 0 aliphatic carbocycles. The molecular weight excluding hydrogens is 544 g/mol. The molecule has 1 aliphatic rings. The Bertz CT molecular complexity index is 1160. The molecule has 1 atom stereocenters. The Morgan fingerprint density at radius 3 is 2.23 bits per heavy atom. The van der Waals surface area contributed by atoms with Gasteiger partial charge in [0.1, 0.15) is 6.04 Å². The standard InChI is InChI=1S/C34H50N4O5/c1-4-5-6-7-8-9-13-19-32(39)37-29(18-14-15-21-35-34(41)36-28-16-11-10-12-17-28)33(40)38-22-20-26-23-30(42-2)31(43-3)24-27(26)25-38/h10-12,16-17,23-24,29H,4-9,13-15,18-22,25H2,1-3H3,(H,37,39)(H2,35,36,41). The van der Waals surface area contributed by atoms with Gasteiger partial charge < -0.3 is 30.3 Å². The number of carbonyl (C=O) groups excluding carboxylic acids is 3. The van der Waals surface area contributed by atoms with E-state index in [4.69, 9.17) is 9.47 Å². The molecule has 236 valence electrons. The van der Waals surface area contributed by atoms with Crippen LogP contribution in [0.1, 0.15) is 88.7 Å². The maximum absolute atomic E-state index is 13.7. The van der Waals surface area contributed by atoms with Gasteiger partial charge >= 0.3 is 6.03 Å². The number of anilines is 1. The van der Waals surface area contributed by atoms with Crippen LogP contribution in [0.3, 0.4) is 0 Å². The number of hydrogen-bond acceptors (Lipinski definition) is 5. The van der Waals surface area contributed by atoms with Crippen LogP contribution < -0.4 is 25.4 Å². The van der Waals surface area contributed by atoms with Gasteiger partial charge in [0.2, 0.25) is 11.8 Å². The lowest BCUT2D eigenvalue weighted by atomic mass is 9.97. The zero-order chi connectivity index (χ0) is 30.9. The summed E-state index contributed by atoms with van der Waals surface area (Å²) in [6.45, 7) is 3.72. The summed E-state index contributed by atoms with van der Waals surface area (Å²) in [6.07, 6.45) is 11.0. The summed E-state index contributed by atoms with van der Waals surface area (Å²) in [5.74, 6) is 1.18. The minimum absolute atomic E-state index is 0.0665. The van der Waals surface area contributed by atoms with E-state index >= 15 is 0 Å². The number of rotatable bonds is 18. The molecule has 2 aromatic carbocycles. The molecule has 3 N–H and O–H groups in total. The second-order valence-corrected chi connectivity index (χ2v) is 11.2. The van der Waals surface area contributed by atoms with Gasteiger partial charge in [-0.15, -0.1) is 0 Å². The third-order valence-corrected chi connectivity index (χ3v) is 7.91. The van der Waals surface area contributed by atoms with Gasteiger partial charge in [-0.25, -0.2) is 4.79 Å². The molecule has 0 spiro atoms. The third kappa shape index (κ3) is 11.5. The van der Waals surface area contributed by atoms with Crippen molar-refractivity contribution in [3.05, 3.63) is 53.6 Å². The summed E-state index contributed by atoms with van der Waals surface area (Å²) in [7, 11) is 3.22. The van der Waals surface area contributed by atoms with E-state index in [0.717, 1.165) is 36.1 Å². The molecule has 1 aliphatic heterocycles. The first-order chi connectivity index (χ1) is 20.9. The van der Waals surface area contributed by atoms with Crippen molar-refractivity contribution in [2.45, 2.75) is 96.6 Å². The van der Waals surface area contributed by atoms with Crippen LogP contribution in [0.4, 0.5) is 10.5 Å². The third-order valence-electron chi connectivity index (χ3n) is 7.91. The maximum atomic E-state index is 13.7. The lowest BCUT2D eigenvalue weighted by Crippen LogP contribution is -2.49. The summed E-state index contributed by atoms with van der Waals surface area (Å²) < 4.78 is 10.9. The van der Waals surface area contributed by atoms with Gasteiger partial charge in [0, 0.05) is 31.7 Å². The molecule has 0 saturated carbocycles. The molecule has 0 radical (unpaired) electrons. The minimum atomic E-state index is -0.600. The van der Waals surface area contributed by atoms with Crippen LogP contribution in [0, 0.1) is 0 Å². The number of para-hydroxylation sites is 1. The number of urea groups is 1. The fraction of sp³-hybridized carbons (Fsp3) is 0.559. The normalized spacial score (nSPS) is 13.0.